The van der Waals surface area contributed by atoms with Crippen molar-refractivity contribution in [1.82, 2.24) is 24.6 Å². The highest BCUT2D eigenvalue weighted by molar-refractivity contribution is 7.91. The van der Waals surface area contributed by atoms with E-state index in [0.29, 0.717) is 17.5 Å². The number of carbonyl (C=O) groups is 1. The lowest BCUT2D eigenvalue weighted by atomic mass is 10.1. The SMILES string of the molecule is Cc1cc(C)cc(-n2ncc3c(=O)n(CC(=O)N[C@@H]4CCS(=O)(=O)C4)cnc32)c1. The van der Waals surface area contributed by atoms with Gasteiger partial charge in [0.2, 0.25) is 5.91 Å². The summed E-state index contributed by atoms with van der Waals surface area (Å²) in [4.78, 5) is 29.4. The van der Waals surface area contributed by atoms with E-state index in [1.165, 1.54) is 17.1 Å². The Labute approximate surface area is 167 Å². The average Bonchev–Trinajstić information content (AvgIpc) is 3.20. The second-order valence-corrected chi connectivity index (χ2v) is 9.71. The number of fused-ring (bicyclic) bond motifs is 1. The van der Waals surface area contributed by atoms with Crippen LogP contribution in [0.15, 0.2) is 35.5 Å². The van der Waals surface area contributed by atoms with Crippen LogP contribution in [0.3, 0.4) is 0 Å². The zero-order chi connectivity index (χ0) is 20.8. The molecule has 2 aromatic heterocycles. The molecule has 152 valence electrons. The molecule has 1 aliphatic heterocycles. The normalized spacial score (nSPS) is 18.2. The maximum absolute atomic E-state index is 12.8. The molecule has 1 aliphatic rings. The fourth-order valence-corrected chi connectivity index (χ4v) is 5.33. The molecule has 4 rings (SSSR count). The van der Waals surface area contributed by atoms with E-state index in [2.05, 4.69) is 15.4 Å². The standard InChI is InChI=1S/C19H21N5O4S/c1-12-5-13(2)7-15(6-12)24-18-16(8-21-24)19(26)23(11-20-18)9-17(25)22-14-3-4-29(27,28)10-14/h5-8,11,14H,3-4,9-10H2,1-2H3,(H,22,25)/t14-/m1/s1. The number of nitrogens with one attached hydrogen (secondary N) is 1. The summed E-state index contributed by atoms with van der Waals surface area (Å²) in [7, 11) is -3.09. The molecule has 1 atom stereocenters. The predicted molar refractivity (Wildman–Crippen MR) is 108 cm³/mol. The van der Waals surface area contributed by atoms with E-state index in [0.717, 1.165) is 16.8 Å². The lowest BCUT2D eigenvalue weighted by Crippen LogP contribution is -2.39. The molecule has 1 N–H and O–H groups in total. The fourth-order valence-electron chi connectivity index (χ4n) is 3.66. The topological polar surface area (TPSA) is 116 Å². The number of nitrogens with zero attached hydrogens (tertiary/aromatic N) is 4. The molecule has 0 bridgehead atoms. The van der Waals surface area contributed by atoms with Gasteiger partial charge in [0.1, 0.15) is 18.3 Å². The van der Waals surface area contributed by atoms with Crippen molar-refractivity contribution in [3.05, 3.63) is 52.2 Å². The van der Waals surface area contributed by atoms with Crippen molar-refractivity contribution in [1.29, 1.82) is 0 Å². The summed E-state index contributed by atoms with van der Waals surface area (Å²) in [5.74, 6) is -0.409. The van der Waals surface area contributed by atoms with Gasteiger partial charge in [-0.1, -0.05) is 6.07 Å². The molecule has 0 spiro atoms. The van der Waals surface area contributed by atoms with Crippen molar-refractivity contribution in [2.75, 3.05) is 11.5 Å². The average molecular weight is 415 g/mol. The van der Waals surface area contributed by atoms with E-state index in [1.54, 1.807) is 4.68 Å². The number of benzene rings is 1. The fraction of sp³-hybridized carbons (Fsp3) is 0.368. The molecule has 0 radical (unpaired) electrons. The number of sulfone groups is 1. The Bertz CT molecular complexity index is 1260. The van der Waals surface area contributed by atoms with E-state index in [-0.39, 0.29) is 23.6 Å². The van der Waals surface area contributed by atoms with Crippen LogP contribution < -0.4 is 10.9 Å². The van der Waals surface area contributed by atoms with E-state index >= 15 is 0 Å². The Hall–Kier alpha value is -3.01. The van der Waals surface area contributed by atoms with Gasteiger partial charge in [0.05, 0.1) is 23.4 Å². The third-order valence-corrected chi connectivity index (χ3v) is 6.68. The zero-order valence-corrected chi connectivity index (χ0v) is 16.9. The van der Waals surface area contributed by atoms with Crippen molar-refractivity contribution in [2.45, 2.75) is 32.9 Å². The van der Waals surface area contributed by atoms with E-state index < -0.39 is 21.8 Å². The second kappa shape index (κ2) is 7.11. The molecule has 29 heavy (non-hydrogen) atoms. The smallest absolute Gasteiger partial charge is 0.264 e. The molecule has 1 saturated heterocycles. The first kappa shape index (κ1) is 19.3. The Morgan fingerprint density at radius 1 is 1.24 bits per heavy atom. The number of rotatable bonds is 4. The largest absolute Gasteiger partial charge is 0.351 e. The number of aryl methyl sites for hydroxylation is 2. The third-order valence-electron chi connectivity index (χ3n) is 4.92. The van der Waals surface area contributed by atoms with Gasteiger partial charge in [-0.2, -0.15) is 5.10 Å². The van der Waals surface area contributed by atoms with Crippen LogP contribution in [0.2, 0.25) is 0 Å². The number of hydrogen-bond donors (Lipinski definition) is 1. The minimum Gasteiger partial charge on any atom is -0.351 e. The number of aromatic nitrogens is 4. The molecular formula is C19H21N5O4S. The summed E-state index contributed by atoms with van der Waals surface area (Å²) < 4.78 is 25.8. The molecule has 0 aliphatic carbocycles. The Balaban J connectivity index is 1.59. The lowest BCUT2D eigenvalue weighted by molar-refractivity contribution is -0.122. The molecule has 1 fully saturated rings. The van der Waals surface area contributed by atoms with Crippen LogP contribution in [0, 0.1) is 13.8 Å². The van der Waals surface area contributed by atoms with Gasteiger partial charge >= 0.3 is 0 Å². The van der Waals surface area contributed by atoms with Gasteiger partial charge in [0.25, 0.3) is 5.56 Å². The van der Waals surface area contributed by atoms with E-state index in [4.69, 9.17) is 0 Å². The maximum atomic E-state index is 12.8. The summed E-state index contributed by atoms with van der Waals surface area (Å²) in [6, 6.07) is 5.54. The molecule has 3 aromatic rings. The van der Waals surface area contributed by atoms with Gasteiger partial charge in [0, 0.05) is 6.04 Å². The quantitative estimate of drug-likeness (QED) is 0.663. The summed E-state index contributed by atoms with van der Waals surface area (Å²) in [5.41, 5.74) is 2.99. The first-order valence-corrected chi connectivity index (χ1v) is 11.1. The Morgan fingerprint density at radius 3 is 2.62 bits per heavy atom. The van der Waals surface area contributed by atoms with E-state index in [1.807, 2.05) is 32.0 Å². The van der Waals surface area contributed by atoms with Crippen molar-refractivity contribution in [2.24, 2.45) is 0 Å². The van der Waals surface area contributed by atoms with Crippen LogP contribution in [-0.4, -0.2) is 51.2 Å². The molecular weight excluding hydrogens is 394 g/mol. The van der Waals surface area contributed by atoms with Crippen molar-refractivity contribution in [3.8, 4) is 5.69 Å². The second-order valence-electron chi connectivity index (χ2n) is 7.48. The summed E-state index contributed by atoms with van der Waals surface area (Å²) in [6.07, 6.45) is 3.15. The van der Waals surface area contributed by atoms with Crippen molar-refractivity contribution >= 4 is 26.8 Å². The van der Waals surface area contributed by atoms with E-state index in [9.17, 15) is 18.0 Å². The lowest BCUT2D eigenvalue weighted by Gasteiger charge is -2.12. The third kappa shape index (κ3) is 3.93. The first-order valence-electron chi connectivity index (χ1n) is 9.23. The van der Waals surface area contributed by atoms with Crippen LogP contribution >= 0.6 is 0 Å². The number of carbonyl (C=O) groups excluding carboxylic acids is 1. The molecule has 0 saturated carbocycles. The highest BCUT2D eigenvalue weighted by atomic mass is 32.2. The van der Waals surface area contributed by atoms with Crippen LogP contribution in [0.1, 0.15) is 17.5 Å². The molecule has 9 nitrogen and oxygen atoms in total. The van der Waals surface area contributed by atoms with Gasteiger partial charge in [-0.05, 0) is 43.5 Å². The zero-order valence-electron chi connectivity index (χ0n) is 16.1. The Kier molecular flexibility index (Phi) is 4.73. The summed E-state index contributed by atoms with van der Waals surface area (Å²) >= 11 is 0. The summed E-state index contributed by atoms with van der Waals surface area (Å²) in [6.45, 7) is 3.74. The van der Waals surface area contributed by atoms with Gasteiger partial charge in [0.15, 0.2) is 15.5 Å². The van der Waals surface area contributed by atoms with Gasteiger partial charge in [-0.3, -0.25) is 14.2 Å². The first-order chi connectivity index (χ1) is 13.7. The van der Waals surface area contributed by atoms with Crippen LogP contribution in [0.25, 0.3) is 16.7 Å². The minimum atomic E-state index is -3.09. The van der Waals surface area contributed by atoms with Crippen LogP contribution in [-0.2, 0) is 21.2 Å². The molecule has 1 aromatic carbocycles. The van der Waals surface area contributed by atoms with Gasteiger partial charge in [-0.25, -0.2) is 18.1 Å². The Morgan fingerprint density at radius 2 is 1.97 bits per heavy atom. The monoisotopic (exact) mass is 415 g/mol. The highest BCUT2D eigenvalue weighted by Crippen LogP contribution is 2.17. The molecule has 3 heterocycles. The number of amides is 1. The van der Waals surface area contributed by atoms with Gasteiger partial charge < -0.3 is 5.32 Å². The van der Waals surface area contributed by atoms with Gasteiger partial charge in [-0.15, -0.1) is 0 Å². The summed E-state index contributed by atoms with van der Waals surface area (Å²) in [5, 5.41) is 7.29. The molecule has 0 unspecified atom stereocenters. The highest BCUT2D eigenvalue weighted by Gasteiger charge is 2.29. The molecule has 10 heteroatoms. The number of hydrogen-bond acceptors (Lipinski definition) is 6. The molecule has 1 amide bonds. The van der Waals surface area contributed by atoms with Crippen LogP contribution in [0.4, 0.5) is 0 Å². The minimum absolute atomic E-state index is 0.0619. The maximum Gasteiger partial charge on any atom is 0.264 e. The van der Waals surface area contributed by atoms with Crippen LogP contribution in [0.5, 0.6) is 0 Å². The predicted octanol–water partition coefficient (Wildman–Crippen LogP) is 0.502. The van der Waals surface area contributed by atoms with Crippen molar-refractivity contribution < 1.29 is 13.2 Å². The van der Waals surface area contributed by atoms with Crippen molar-refractivity contribution in [3.63, 3.8) is 0 Å².